The number of aliphatic hydroxyl groups excluding tert-OH is 1. The molecule has 1 heterocycles. The Morgan fingerprint density at radius 2 is 2.28 bits per heavy atom. The molecule has 1 aromatic rings. The van der Waals surface area contributed by atoms with E-state index in [9.17, 15) is 8.42 Å². The van der Waals surface area contributed by atoms with E-state index >= 15 is 0 Å². The van der Waals surface area contributed by atoms with Gasteiger partial charge in [-0.15, -0.1) is 0 Å². The standard InChI is InChI=1S/C11H19N3O3S/c15-7-6-14-9-11(8-12-14)18(16,17)13-5-4-10-2-1-3-10/h8-10,13,15H,1-7H2. The summed E-state index contributed by atoms with van der Waals surface area (Å²) >= 11 is 0. The van der Waals surface area contributed by atoms with Crippen LogP contribution in [0.3, 0.4) is 0 Å². The maximum atomic E-state index is 11.9. The minimum atomic E-state index is -3.45. The lowest BCUT2D eigenvalue weighted by Crippen LogP contribution is -2.27. The summed E-state index contributed by atoms with van der Waals surface area (Å²) in [4.78, 5) is 0.157. The van der Waals surface area contributed by atoms with Crippen LogP contribution in [0.5, 0.6) is 0 Å². The predicted octanol–water partition coefficient (Wildman–Crippen LogP) is 0.344. The molecule has 1 aliphatic rings. The Hall–Kier alpha value is -0.920. The first-order valence-corrected chi connectivity index (χ1v) is 7.73. The van der Waals surface area contributed by atoms with Gasteiger partial charge in [0.2, 0.25) is 10.0 Å². The molecule has 18 heavy (non-hydrogen) atoms. The molecule has 0 radical (unpaired) electrons. The van der Waals surface area contributed by atoms with E-state index in [4.69, 9.17) is 5.11 Å². The average molecular weight is 273 g/mol. The van der Waals surface area contributed by atoms with Gasteiger partial charge in [-0.05, 0) is 12.3 Å². The Labute approximate surface area is 107 Å². The van der Waals surface area contributed by atoms with E-state index in [1.165, 1.54) is 36.3 Å². The SMILES string of the molecule is O=S(=O)(NCCC1CCC1)c1cnn(CCO)c1. The van der Waals surface area contributed by atoms with Gasteiger partial charge in [0.15, 0.2) is 0 Å². The molecule has 0 aliphatic heterocycles. The van der Waals surface area contributed by atoms with Gasteiger partial charge < -0.3 is 5.11 Å². The van der Waals surface area contributed by atoms with Crippen LogP contribution in [0.15, 0.2) is 17.3 Å². The van der Waals surface area contributed by atoms with Crippen LogP contribution < -0.4 is 4.72 Å². The van der Waals surface area contributed by atoms with Crippen molar-refractivity contribution >= 4 is 10.0 Å². The van der Waals surface area contributed by atoms with Crippen LogP contribution in [0.4, 0.5) is 0 Å². The fourth-order valence-corrected chi connectivity index (χ4v) is 2.97. The van der Waals surface area contributed by atoms with Crippen LogP contribution in [0.2, 0.25) is 0 Å². The van der Waals surface area contributed by atoms with Gasteiger partial charge in [0.05, 0.1) is 19.3 Å². The Balaban J connectivity index is 1.87. The van der Waals surface area contributed by atoms with Gasteiger partial charge in [-0.2, -0.15) is 5.10 Å². The lowest BCUT2D eigenvalue weighted by Gasteiger charge is -2.24. The normalized spacial score (nSPS) is 16.7. The lowest BCUT2D eigenvalue weighted by molar-refractivity contribution is 0.269. The number of nitrogens with one attached hydrogen (secondary N) is 1. The molecule has 0 spiro atoms. The minimum absolute atomic E-state index is 0.0592. The molecule has 102 valence electrons. The first-order valence-electron chi connectivity index (χ1n) is 6.25. The Bertz CT molecular complexity index is 479. The summed E-state index contributed by atoms with van der Waals surface area (Å²) in [5.74, 6) is 0.685. The van der Waals surface area contributed by atoms with E-state index in [1.807, 2.05) is 0 Å². The molecule has 0 atom stereocenters. The van der Waals surface area contributed by atoms with Gasteiger partial charge in [-0.25, -0.2) is 13.1 Å². The Morgan fingerprint density at radius 1 is 1.50 bits per heavy atom. The molecule has 6 nitrogen and oxygen atoms in total. The summed E-state index contributed by atoms with van der Waals surface area (Å²) in [6, 6.07) is 0. The third-order valence-electron chi connectivity index (χ3n) is 3.32. The Morgan fingerprint density at radius 3 is 2.89 bits per heavy atom. The highest BCUT2D eigenvalue weighted by atomic mass is 32.2. The summed E-state index contributed by atoms with van der Waals surface area (Å²) in [7, 11) is -3.45. The zero-order valence-electron chi connectivity index (χ0n) is 10.2. The van der Waals surface area contributed by atoms with Crippen molar-refractivity contribution in [2.45, 2.75) is 37.1 Å². The molecule has 1 saturated carbocycles. The van der Waals surface area contributed by atoms with Crippen LogP contribution in [-0.2, 0) is 16.6 Å². The third-order valence-corrected chi connectivity index (χ3v) is 4.73. The fourth-order valence-electron chi connectivity index (χ4n) is 1.97. The first kappa shape index (κ1) is 13.5. The van der Waals surface area contributed by atoms with E-state index < -0.39 is 10.0 Å². The highest BCUT2D eigenvalue weighted by Crippen LogP contribution is 2.28. The van der Waals surface area contributed by atoms with Gasteiger partial charge in [0.25, 0.3) is 0 Å². The number of aromatic nitrogens is 2. The summed E-state index contributed by atoms with van der Waals surface area (Å²) < 4.78 is 27.8. The van der Waals surface area contributed by atoms with Gasteiger partial charge >= 0.3 is 0 Å². The van der Waals surface area contributed by atoms with E-state index in [0.29, 0.717) is 19.0 Å². The van der Waals surface area contributed by atoms with E-state index in [0.717, 1.165) is 6.42 Å². The monoisotopic (exact) mass is 273 g/mol. The second-order valence-corrected chi connectivity index (χ2v) is 6.41. The third kappa shape index (κ3) is 3.30. The molecule has 0 saturated heterocycles. The molecule has 7 heteroatoms. The number of rotatable bonds is 7. The van der Waals surface area contributed by atoms with Crippen molar-refractivity contribution in [1.82, 2.24) is 14.5 Å². The predicted molar refractivity (Wildman–Crippen MR) is 66.5 cm³/mol. The van der Waals surface area contributed by atoms with E-state index in [2.05, 4.69) is 9.82 Å². The maximum absolute atomic E-state index is 11.9. The highest BCUT2D eigenvalue weighted by Gasteiger charge is 2.20. The number of aliphatic hydroxyl groups is 1. The summed E-state index contributed by atoms with van der Waals surface area (Å²) in [5.41, 5.74) is 0. The zero-order valence-corrected chi connectivity index (χ0v) is 11.1. The average Bonchev–Trinajstić information content (AvgIpc) is 2.72. The molecule has 2 rings (SSSR count). The summed E-state index contributed by atoms with van der Waals surface area (Å²) in [5, 5.41) is 12.6. The van der Waals surface area contributed by atoms with Crippen molar-refractivity contribution in [1.29, 1.82) is 0 Å². The second kappa shape index (κ2) is 5.81. The molecular weight excluding hydrogens is 254 g/mol. The van der Waals surface area contributed by atoms with E-state index in [-0.39, 0.29) is 11.5 Å². The number of sulfonamides is 1. The molecule has 0 amide bonds. The van der Waals surface area contributed by atoms with Crippen molar-refractivity contribution in [2.24, 2.45) is 5.92 Å². The van der Waals surface area contributed by atoms with Gasteiger partial charge in [-0.1, -0.05) is 19.3 Å². The van der Waals surface area contributed by atoms with E-state index in [1.54, 1.807) is 0 Å². The quantitative estimate of drug-likeness (QED) is 0.750. The highest BCUT2D eigenvalue weighted by molar-refractivity contribution is 7.89. The topological polar surface area (TPSA) is 84.2 Å². The van der Waals surface area contributed by atoms with Crippen molar-refractivity contribution < 1.29 is 13.5 Å². The smallest absolute Gasteiger partial charge is 0.243 e. The minimum Gasteiger partial charge on any atom is -0.394 e. The zero-order chi connectivity index (χ0) is 13.0. The molecule has 1 fully saturated rings. The van der Waals surface area contributed by atoms with Crippen LogP contribution in [0.25, 0.3) is 0 Å². The molecule has 0 bridgehead atoms. The van der Waals surface area contributed by atoms with Crippen LogP contribution in [-0.4, -0.2) is 36.5 Å². The molecule has 0 unspecified atom stereocenters. The number of hydrogen-bond acceptors (Lipinski definition) is 4. The van der Waals surface area contributed by atoms with Crippen LogP contribution in [0.1, 0.15) is 25.7 Å². The molecule has 0 aromatic carbocycles. The van der Waals surface area contributed by atoms with Gasteiger partial charge in [0, 0.05) is 12.7 Å². The van der Waals surface area contributed by atoms with Crippen LogP contribution in [0, 0.1) is 5.92 Å². The number of nitrogens with zero attached hydrogens (tertiary/aromatic N) is 2. The number of hydrogen-bond donors (Lipinski definition) is 2. The Kier molecular flexibility index (Phi) is 4.36. The second-order valence-electron chi connectivity index (χ2n) is 4.65. The van der Waals surface area contributed by atoms with Gasteiger partial charge in [-0.3, -0.25) is 4.68 Å². The molecular formula is C11H19N3O3S. The lowest BCUT2D eigenvalue weighted by atomic mass is 9.83. The maximum Gasteiger partial charge on any atom is 0.243 e. The first-order chi connectivity index (χ1) is 8.62. The fraction of sp³-hybridized carbons (Fsp3) is 0.727. The van der Waals surface area contributed by atoms with Crippen molar-refractivity contribution in [3.8, 4) is 0 Å². The largest absolute Gasteiger partial charge is 0.394 e. The summed E-state index contributed by atoms with van der Waals surface area (Å²) in [6.45, 7) is 0.728. The van der Waals surface area contributed by atoms with Crippen molar-refractivity contribution in [3.05, 3.63) is 12.4 Å². The molecule has 1 aliphatic carbocycles. The van der Waals surface area contributed by atoms with Crippen molar-refractivity contribution in [2.75, 3.05) is 13.2 Å². The van der Waals surface area contributed by atoms with Crippen molar-refractivity contribution in [3.63, 3.8) is 0 Å². The summed E-state index contributed by atoms with van der Waals surface area (Å²) in [6.07, 6.45) is 7.35. The van der Waals surface area contributed by atoms with Crippen LogP contribution >= 0.6 is 0 Å². The van der Waals surface area contributed by atoms with Gasteiger partial charge in [0.1, 0.15) is 4.90 Å². The molecule has 2 N–H and O–H groups in total. The molecule has 1 aromatic heterocycles.